The molecule has 0 amide bonds. The van der Waals surface area contributed by atoms with Crippen molar-refractivity contribution in [2.24, 2.45) is 11.8 Å². The van der Waals surface area contributed by atoms with Gasteiger partial charge in [-0.3, -0.25) is 9.69 Å². The first-order chi connectivity index (χ1) is 14.2. The number of Topliss-reactive ketones (excluding diaryl/α,β-unsaturated/α-hetero) is 1. The van der Waals surface area contributed by atoms with Gasteiger partial charge < -0.3 is 4.74 Å². The van der Waals surface area contributed by atoms with E-state index in [9.17, 15) is 4.79 Å². The third kappa shape index (κ3) is 3.91. The average molecular weight is 396 g/mol. The van der Waals surface area contributed by atoms with Gasteiger partial charge in [0.15, 0.2) is 0 Å². The maximum absolute atomic E-state index is 12.0. The Morgan fingerprint density at radius 2 is 1.93 bits per heavy atom. The van der Waals surface area contributed by atoms with E-state index in [0.717, 1.165) is 70.4 Å². The quantitative estimate of drug-likeness (QED) is 0.780. The monoisotopic (exact) mass is 395 g/mol. The Bertz CT molecular complexity index is 804. The number of aromatic nitrogens is 2. The van der Waals surface area contributed by atoms with Crippen molar-refractivity contribution in [3.63, 3.8) is 0 Å². The van der Waals surface area contributed by atoms with Crippen LogP contribution in [0.2, 0.25) is 0 Å². The molecule has 0 N–H and O–H groups in total. The molecule has 0 aromatic carbocycles. The van der Waals surface area contributed by atoms with E-state index in [1.807, 2.05) is 0 Å². The molecule has 156 valence electrons. The fourth-order valence-electron chi connectivity index (χ4n) is 6.05. The molecule has 4 aliphatic rings. The number of carbonyl (C=O) groups is 1. The molecule has 2 heterocycles. The summed E-state index contributed by atoms with van der Waals surface area (Å²) in [6.07, 6.45) is 12.0. The topological polar surface area (TPSA) is 55.3 Å². The number of ketones is 1. The SMILES string of the molecule is CC(=O)C1CCC2=C(C1)c1c(ncnc1C[C@H]1CC[C@H](N3CCOCC3)CC1)C2. The van der Waals surface area contributed by atoms with E-state index in [4.69, 9.17) is 9.72 Å². The van der Waals surface area contributed by atoms with Crippen LogP contribution in [0.25, 0.3) is 5.57 Å². The van der Waals surface area contributed by atoms with Crippen molar-refractivity contribution in [1.29, 1.82) is 0 Å². The first-order valence-corrected chi connectivity index (χ1v) is 11.5. The van der Waals surface area contributed by atoms with Gasteiger partial charge in [0, 0.05) is 37.0 Å². The highest BCUT2D eigenvalue weighted by molar-refractivity contribution is 5.85. The molecular weight excluding hydrogens is 362 g/mol. The minimum Gasteiger partial charge on any atom is -0.379 e. The van der Waals surface area contributed by atoms with Crippen LogP contribution in [0.3, 0.4) is 0 Å². The first-order valence-electron chi connectivity index (χ1n) is 11.5. The zero-order valence-corrected chi connectivity index (χ0v) is 17.7. The van der Waals surface area contributed by atoms with Crippen LogP contribution in [-0.4, -0.2) is 53.0 Å². The van der Waals surface area contributed by atoms with Gasteiger partial charge in [0.05, 0.1) is 24.6 Å². The predicted molar refractivity (Wildman–Crippen MR) is 113 cm³/mol. The van der Waals surface area contributed by atoms with Crippen LogP contribution in [0.1, 0.15) is 68.8 Å². The van der Waals surface area contributed by atoms with Crippen molar-refractivity contribution < 1.29 is 9.53 Å². The van der Waals surface area contributed by atoms with Crippen molar-refractivity contribution in [2.45, 2.75) is 70.8 Å². The third-order valence-electron chi connectivity index (χ3n) is 7.79. The Labute approximate surface area is 173 Å². The summed E-state index contributed by atoms with van der Waals surface area (Å²) in [5, 5.41) is 0. The van der Waals surface area contributed by atoms with Crippen LogP contribution in [-0.2, 0) is 22.4 Å². The molecule has 1 unspecified atom stereocenters. The molecule has 1 saturated carbocycles. The van der Waals surface area contributed by atoms with E-state index >= 15 is 0 Å². The van der Waals surface area contributed by atoms with Crippen LogP contribution in [0, 0.1) is 11.8 Å². The normalized spacial score (nSPS) is 30.2. The molecule has 0 spiro atoms. The third-order valence-corrected chi connectivity index (χ3v) is 7.79. The predicted octanol–water partition coefficient (Wildman–Crippen LogP) is 3.61. The highest BCUT2D eigenvalue weighted by Gasteiger charge is 2.34. The fourth-order valence-corrected chi connectivity index (χ4v) is 6.05. The molecule has 1 aliphatic heterocycles. The van der Waals surface area contributed by atoms with Crippen molar-refractivity contribution in [3.05, 3.63) is 28.9 Å². The summed E-state index contributed by atoms with van der Waals surface area (Å²) < 4.78 is 5.52. The van der Waals surface area contributed by atoms with Crippen LogP contribution < -0.4 is 0 Å². The molecule has 3 aliphatic carbocycles. The molecule has 1 aromatic heterocycles. The first kappa shape index (κ1) is 19.4. The number of allylic oxidation sites excluding steroid dienone is 2. The van der Waals surface area contributed by atoms with Gasteiger partial charge in [0.1, 0.15) is 12.1 Å². The Hall–Kier alpha value is -1.59. The van der Waals surface area contributed by atoms with Gasteiger partial charge in [-0.2, -0.15) is 0 Å². The lowest BCUT2D eigenvalue weighted by Crippen LogP contribution is -2.45. The van der Waals surface area contributed by atoms with Crippen LogP contribution in [0.5, 0.6) is 0 Å². The van der Waals surface area contributed by atoms with Crippen molar-refractivity contribution >= 4 is 11.4 Å². The lowest BCUT2D eigenvalue weighted by atomic mass is 9.79. The summed E-state index contributed by atoms with van der Waals surface area (Å²) in [6, 6.07) is 0.746. The van der Waals surface area contributed by atoms with Gasteiger partial charge in [-0.25, -0.2) is 9.97 Å². The molecule has 5 heteroatoms. The number of fused-ring (bicyclic) bond motifs is 2. The van der Waals surface area contributed by atoms with Crippen molar-refractivity contribution in [3.8, 4) is 0 Å². The van der Waals surface area contributed by atoms with Gasteiger partial charge in [-0.05, 0) is 69.8 Å². The number of ether oxygens (including phenoxy) is 1. The number of hydrogen-bond donors (Lipinski definition) is 0. The largest absolute Gasteiger partial charge is 0.379 e. The number of nitrogens with zero attached hydrogens (tertiary/aromatic N) is 3. The van der Waals surface area contributed by atoms with Crippen molar-refractivity contribution in [1.82, 2.24) is 14.9 Å². The van der Waals surface area contributed by atoms with E-state index < -0.39 is 0 Å². The molecule has 1 atom stereocenters. The number of hydrogen-bond acceptors (Lipinski definition) is 5. The summed E-state index contributed by atoms with van der Waals surface area (Å²) in [7, 11) is 0. The van der Waals surface area contributed by atoms with Crippen molar-refractivity contribution in [2.75, 3.05) is 26.3 Å². The maximum atomic E-state index is 12.0. The molecular formula is C24H33N3O2. The standard InChI is InChI=1S/C24H33N3O2/c1-16(28)18-4-5-19-14-23-24(21(19)13-18)22(25-15-26-23)12-17-2-6-20(7-3-17)27-8-10-29-11-9-27/h15,17-18,20H,2-14H2,1H3/t17-,18?,20-. The highest BCUT2D eigenvalue weighted by Crippen LogP contribution is 2.45. The molecule has 5 rings (SSSR count). The molecule has 0 bridgehead atoms. The molecule has 1 aromatic rings. The average Bonchev–Trinajstić information content (AvgIpc) is 3.13. The second-order valence-corrected chi connectivity index (χ2v) is 9.48. The minimum atomic E-state index is 0.191. The minimum absolute atomic E-state index is 0.191. The molecule has 0 radical (unpaired) electrons. The lowest BCUT2D eigenvalue weighted by Gasteiger charge is -2.38. The van der Waals surface area contributed by atoms with Gasteiger partial charge in [-0.15, -0.1) is 0 Å². The molecule has 29 heavy (non-hydrogen) atoms. The molecule has 1 saturated heterocycles. The maximum Gasteiger partial charge on any atom is 0.133 e. The van der Waals surface area contributed by atoms with Gasteiger partial charge in [-0.1, -0.05) is 5.57 Å². The number of carbonyl (C=O) groups excluding carboxylic acids is 1. The number of rotatable bonds is 4. The molecule has 5 nitrogen and oxygen atoms in total. The highest BCUT2D eigenvalue weighted by atomic mass is 16.5. The fraction of sp³-hybridized carbons (Fsp3) is 0.708. The van der Waals surface area contributed by atoms with Gasteiger partial charge in [0.25, 0.3) is 0 Å². The van der Waals surface area contributed by atoms with Gasteiger partial charge >= 0.3 is 0 Å². The van der Waals surface area contributed by atoms with E-state index in [2.05, 4.69) is 9.88 Å². The van der Waals surface area contributed by atoms with E-state index in [-0.39, 0.29) is 5.92 Å². The Morgan fingerprint density at radius 1 is 1.14 bits per heavy atom. The number of morpholine rings is 1. The smallest absolute Gasteiger partial charge is 0.133 e. The second kappa shape index (κ2) is 8.27. The Kier molecular flexibility index (Phi) is 5.53. The van der Waals surface area contributed by atoms with Crippen LogP contribution in [0.4, 0.5) is 0 Å². The zero-order chi connectivity index (χ0) is 19.8. The van der Waals surface area contributed by atoms with E-state index in [1.165, 1.54) is 53.8 Å². The summed E-state index contributed by atoms with van der Waals surface area (Å²) >= 11 is 0. The lowest BCUT2D eigenvalue weighted by molar-refractivity contribution is -0.120. The molecule has 2 fully saturated rings. The Balaban J connectivity index is 1.27. The van der Waals surface area contributed by atoms with Crippen LogP contribution in [0.15, 0.2) is 11.9 Å². The zero-order valence-electron chi connectivity index (χ0n) is 17.7. The summed E-state index contributed by atoms with van der Waals surface area (Å²) in [5.74, 6) is 1.25. The van der Waals surface area contributed by atoms with E-state index in [1.54, 1.807) is 13.3 Å². The summed E-state index contributed by atoms with van der Waals surface area (Å²) in [5.41, 5.74) is 6.73. The summed E-state index contributed by atoms with van der Waals surface area (Å²) in [6.45, 7) is 5.74. The summed E-state index contributed by atoms with van der Waals surface area (Å²) in [4.78, 5) is 24.0. The Morgan fingerprint density at radius 3 is 2.69 bits per heavy atom. The van der Waals surface area contributed by atoms with E-state index in [0.29, 0.717) is 5.78 Å². The van der Waals surface area contributed by atoms with Crippen LogP contribution >= 0.6 is 0 Å². The van der Waals surface area contributed by atoms with Gasteiger partial charge in [0.2, 0.25) is 0 Å². The second-order valence-electron chi connectivity index (χ2n) is 9.48.